The van der Waals surface area contributed by atoms with Crippen LogP contribution in [0.3, 0.4) is 0 Å². The highest BCUT2D eigenvalue weighted by molar-refractivity contribution is 6.13. The maximum absolute atomic E-state index is 15.5. The number of anilines is 1. The van der Waals surface area contributed by atoms with Crippen molar-refractivity contribution < 1.29 is 37.0 Å². The number of para-hydroxylation sites is 1. The molecule has 3 aliphatic heterocycles. The first kappa shape index (κ1) is 44.5. The van der Waals surface area contributed by atoms with E-state index in [4.69, 9.17) is 9.47 Å². The Morgan fingerprint density at radius 3 is 2.41 bits per heavy atom. The van der Waals surface area contributed by atoms with E-state index in [0.29, 0.717) is 96.5 Å². The summed E-state index contributed by atoms with van der Waals surface area (Å²) < 4.78 is 57.3. The zero-order valence-electron chi connectivity index (χ0n) is 37.2. The average molecular weight is 900 g/mol. The minimum atomic E-state index is -2.93. The summed E-state index contributed by atoms with van der Waals surface area (Å²) in [7, 11) is 1.79. The maximum atomic E-state index is 15.5. The van der Waals surface area contributed by atoms with Crippen LogP contribution >= 0.6 is 0 Å². The van der Waals surface area contributed by atoms with E-state index >= 15 is 9.18 Å². The molecule has 2 aromatic heterocycles. The number of nitrogens with zero attached hydrogens (tertiary/aromatic N) is 6. The number of hydrogen-bond donors (Lipinski definition) is 1. The van der Waals surface area contributed by atoms with Gasteiger partial charge < -0.3 is 29.2 Å². The van der Waals surface area contributed by atoms with Crippen molar-refractivity contribution in [1.82, 2.24) is 29.0 Å². The summed E-state index contributed by atoms with van der Waals surface area (Å²) in [6.45, 7) is 5.88. The highest BCUT2D eigenvalue weighted by atomic mass is 19.3. The van der Waals surface area contributed by atoms with Gasteiger partial charge in [0.2, 0.25) is 5.91 Å². The summed E-state index contributed by atoms with van der Waals surface area (Å²) in [6.07, 6.45) is 3.44. The first-order valence-corrected chi connectivity index (χ1v) is 22.3. The van der Waals surface area contributed by atoms with Gasteiger partial charge in [0.1, 0.15) is 18.2 Å². The monoisotopic (exact) mass is 899 g/mol. The van der Waals surface area contributed by atoms with Crippen molar-refractivity contribution in [3.8, 4) is 28.1 Å². The van der Waals surface area contributed by atoms with Crippen molar-refractivity contribution in [1.29, 1.82) is 0 Å². The molecule has 1 N–H and O–H groups in total. The van der Waals surface area contributed by atoms with Crippen molar-refractivity contribution in [2.45, 2.75) is 58.8 Å². The molecule has 1 saturated heterocycles. The summed E-state index contributed by atoms with van der Waals surface area (Å²) in [5.41, 5.74) is 7.42. The molecule has 12 nitrogen and oxygen atoms in total. The van der Waals surface area contributed by atoms with Crippen molar-refractivity contribution in [3.05, 3.63) is 148 Å². The summed E-state index contributed by atoms with van der Waals surface area (Å²) in [5, 5.41) is 6.92. The Balaban J connectivity index is 1.07. The van der Waals surface area contributed by atoms with Crippen LogP contribution < -0.4 is 10.1 Å². The predicted molar refractivity (Wildman–Crippen MR) is 244 cm³/mol. The fourth-order valence-corrected chi connectivity index (χ4v) is 9.42. The van der Waals surface area contributed by atoms with E-state index < -0.39 is 18.3 Å². The lowest BCUT2D eigenvalue weighted by Gasteiger charge is -2.36. The predicted octanol–water partition coefficient (Wildman–Crippen LogP) is 8.08. The third-order valence-electron chi connectivity index (χ3n) is 13.1. The lowest BCUT2D eigenvalue weighted by atomic mass is 9.88. The van der Waals surface area contributed by atoms with Gasteiger partial charge >= 0.3 is 6.55 Å². The molecular formula is C51H52F3N7O5. The second-order valence-corrected chi connectivity index (χ2v) is 17.3. The van der Waals surface area contributed by atoms with Crippen molar-refractivity contribution in [2.24, 2.45) is 7.05 Å². The normalized spacial score (nSPS) is 16.3. The zero-order valence-corrected chi connectivity index (χ0v) is 37.2. The molecule has 3 amide bonds. The number of halogens is 3. The van der Waals surface area contributed by atoms with Gasteiger partial charge in [0, 0.05) is 98.3 Å². The molecule has 0 aliphatic carbocycles. The number of alkyl halides is 2. The Kier molecular flexibility index (Phi) is 12.8. The topological polar surface area (TPSA) is 114 Å². The van der Waals surface area contributed by atoms with Gasteiger partial charge in [0.15, 0.2) is 0 Å². The van der Waals surface area contributed by atoms with E-state index in [-0.39, 0.29) is 47.5 Å². The van der Waals surface area contributed by atoms with E-state index in [1.54, 1.807) is 55.3 Å². The summed E-state index contributed by atoms with van der Waals surface area (Å²) in [4.78, 5) is 49.3. The quantitative estimate of drug-likeness (QED) is 0.132. The lowest BCUT2D eigenvalue weighted by molar-refractivity contribution is -0.131. The number of hydrogen-bond acceptors (Lipinski definition) is 7. The number of rotatable bonds is 12. The fourth-order valence-electron chi connectivity index (χ4n) is 9.42. The first-order chi connectivity index (χ1) is 31.9. The van der Waals surface area contributed by atoms with Crippen LogP contribution in [0.5, 0.6) is 5.75 Å². The highest BCUT2D eigenvalue weighted by Crippen LogP contribution is 2.43. The molecule has 66 heavy (non-hydrogen) atoms. The molecule has 0 bridgehead atoms. The number of benzene rings is 4. The smallest absolute Gasteiger partial charge is 0.333 e. The Labute approximate surface area is 381 Å². The SMILES string of the molecule is Cc1c(C(=O)Nc2ccccc2)c(-c2cnn(C(F)F)c2)c(-c2cc3c(cc2C(=O)N2Cc4ccccc4C[C@H]2C)CN(C(=O)Cc2ccc(OCCN4CCOCC4)cc2F)CC3)n1C. The van der Waals surface area contributed by atoms with Crippen LogP contribution in [0.15, 0.2) is 97.3 Å². The molecule has 5 heterocycles. The van der Waals surface area contributed by atoms with Crippen LogP contribution in [0.25, 0.3) is 22.4 Å². The zero-order chi connectivity index (χ0) is 46.1. The standard InChI is InChI=1S/C51H52F3N7O5/c1-32-23-34-9-7-8-10-37(34)30-60(32)50(64)43-25-38-29-59(45(62)26-36-13-14-41(27-44(36)52)66-22-19-58-17-20-65-21-18-58)16-15-35(38)24-42(43)48-47(39-28-55-61(31-39)51(53)54)46(33(2)57(48)3)49(63)56-40-11-5-4-6-12-40/h4-14,24-25,27-28,31-32,51H,15-23,26,29-30H2,1-3H3,(H,56,63)/t32-/m1/s1. The minimum absolute atomic E-state index is 0.157. The van der Waals surface area contributed by atoms with E-state index in [0.717, 1.165) is 29.8 Å². The second-order valence-electron chi connectivity index (χ2n) is 17.3. The van der Waals surface area contributed by atoms with Gasteiger partial charge in [-0.25, -0.2) is 9.07 Å². The van der Waals surface area contributed by atoms with E-state index in [9.17, 15) is 18.4 Å². The maximum Gasteiger partial charge on any atom is 0.333 e. The van der Waals surface area contributed by atoms with Gasteiger partial charge in [-0.1, -0.05) is 48.5 Å². The van der Waals surface area contributed by atoms with Crippen LogP contribution in [-0.2, 0) is 48.9 Å². The van der Waals surface area contributed by atoms with Crippen LogP contribution in [0, 0.1) is 12.7 Å². The molecule has 0 unspecified atom stereocenters. The van der Waals surface area contributed by atoms with E-state index in [1.807, 2.05) is 52.8 Å². The number of fused-ring (bicyclic) bond motifs is 2. The summed E-state index contributed by atoms with van der Waals surface area (Å²) in [6, 6.07) is 25.2. The molecule has 0 spiro atoms. The van der Waals surface area contributed by atoms with Crippen LogP contribution in [-0.4, -0.2) is 98.8 Å². The van der Waals surface area contributed by atoms with Crippen LogP contribution in [0.4, 0.5) is 18.9 Å². The third kappa shape index (κ3) is 9.09. The van der Waals surface area contributed by atoms with Crippen molar-refractivity contribution in [3.63, 3.8) is 0 Å². The molecule has 15 heteroatoms. The minimum Gasteiger partial charge on any atom is -0.492 e. The molecule has 3 aliphatic rings. The lowest BCUT2D eigenvalue weighted by Crippen LogP contribution is -2.43. The van der Waals surface area contributed by atoms with Crippen molar-refractivity contribution in [2.75, 3.05) is 51.3 Å². The molecule has 342 valence electrons. The van der Waals surface area contributed by atoms with Crippen LogP contribution in [0.1, 0.15) is 67.7 Å². The molecular weight excluding hydrogens is 848 g/mol. The van der Waals surface area contributed by atoms with Gasteiger partial charge in [0.25, 0.3) is 11.8 Å². The third-order valence-corrected chi connectivity index (χ3v) is 13.1. The van der Waals surface area contributed by atoms with E-state index in [1.165, 1.54) is 24.0 Å². The number of morpholine rings is 1. The van der Waals surface area contributed by atoms with E-state index in [2.05, 4.69) is 21.4 Å². The molecule has 0 saturated carbocycles. The Morgan fingerprint density at radius 2 is 1.67 bits per heavy atom. The van der Waals surface area contributed by atoms with Gasteiger partial charge in [-0.3, -0.25) is 19.3 Å². The Morgan fingerprint density at radius 1 is 0.909 bits per heavy atom. The average Bonchev–Trinajstić information content (AvgIpc) is 3.92. The first-order valence-electron chi connectivity index (χ1n) is 22.3. The Bertz CT molecular complexity index is 2780. The highest BCUT2D eigenvalue weighted by Gasteiger charge is 2.35. The number of nitrogens with one attached hydrogen (secondary N) is 1. The number of ether oxygens (including phenoxy) is 2. The van der Waals surface area contributed by atoms with Gasteiger partial charge in [-0.05, 0) is 84.8 Å². The second kappa shape index (κ2) is 19.0. The van der Waals surface area contributed by atoms with Gasteiger partial charge in [0.05, 0.1) is 37.1 Å². The molecule has 4 aromatic carbocycles. The fraction of sp³-hybridized carbons (Fsp3) is 0.333. The van der Waals surface area contributed by atoms with Crippen molar-refractivity contribution >= 4 is 23.4 Å². The number of aromatic nitrogens is 3. The molecule has 0 radical (unpaired) electrons. The number of carbonyl (C=O) groups excluding carboxylic acids is 3. The molecule has 6 aromatic rings. The molecule has 1 atom stereocenters. The summed E-state index contributed by atoms with van der Waals surface area (Å²) >= 11 is 0. The number of carbonyl (C=O) groups is 3. The van der Waals surface area contributed by atoms with Crippen LogP contribution in [0.2, 0.25) is 0 Å². The van der Waals surface area contributed by atoms with Gasteiger partial charge in [-0.15, -0.1) is 0 Å². The Hall–Kier alpha value is -6.71. The van der Waals surface area contributed by atoms with Gasteiger partial charge in [-0.2, -0.15) is 13.9 Å². The largest absolute Gasteiger partial charge is 0.492 e. The summed E-state index contributed by atoms with van der Waals surface area (Å²) in [5.74, 6) is -1.10. The molecule has 1 fully saturated rings. The molecule has 9 rings (SSSR count). The number of amides is 3.